The number of carbonyl (C=O) groups excluding carboxylic acids is 2. The smallest absolute Gasteiger partial charge is 0.331 e. The highest BCUT2D eigenvalue weighted by Crippen LogP contribution is 2.30. The van der Waals surface area contributed by atoms with Crippen molar-refractivity contribution in [3.05, 3.63) is 73.4 Å². The maximum atomic E-state index is 15.2. The molecule has 1 aliphatic carbocycles. The zero-order valence-electron chi connectivity index (χ0n) is 22.2. The van der Waals surface area contributed by atoms with E-state index in [0.717, 1.165) is 25.0 Å². The zero-order chi connectivity index (χ0) is 28.7. The summed E-state index contributed by atoms with van der Waals surface area (Å²) in [6.45, 7) is 4.36. The predicted octanol–water partition coefficient (Wildman–Crippen LogP) is 4.51. The first kappa shape index (κ1) is 27.8. The van der Waals surface area contributed by atoms with Gasteiger partial charge in [0.25, 0.3) is 11.5 Å². The van der Waals surface area contributed by atoms with Gasteiger partial charge < -0.3 is 15.5 Å². The summed E-state index contributed by atoms with van der Waals surface area (Å²) in [6, 6.07) is 4.68. The third kappa shape index (κ3) is 5.60. The van der Waals surface area contributed by atoms with Gasteiger partial charge in [-0.2, -0.15) is 0 Å². The average molecular weight is 574 g/mol. The molecule has 0 bridgehead atoms. The fraction of sp³-hybridized carbons (Fsp3) is 0.429. The third-order valence-corrected chi connectivity index (χ3v) is 7.61. The fourth-order valence-electron chi connectivity index (χ4n) is 5.12. The number of anilines is 1. The van der Waals surface area contributed by atoms with E-state index in [1.54, 1.807) is 13.8 Å². The lowest BCUT2D eigenvalue weighted by Crippen LogP contribution is -2.50. The van der Waals surface area contributed by atoms with E-state index in [1.807, 2.05) is 0 Å². The monoisotopic (exact) mass is 573 g/mol. The Morgan fingerprint density at radius 3 is 2.52 bits per heavy atom. The van der Waals surface area contributed by atoms with Crippen LogP contribution in [0.2, 0.25) is 5.02 Å². The Hall–Kier alpha value is -3.73. The number of hydrogen-bond acceptors (Lipinski definition) is 4. The highest BCUT2D eigenvalue weighted by Gasteiger charge is 2.28. The number of piperidine rings is 1. The molecule has 12 heteroatoms. The summed E-state index contributed by atoms with van der Waals surface area (Å²) in [5.41, 5.74) is -1.21. The van der Waals surface area contributed by atoms with Crippen LogP contribution in [-0.2, 0) is 6.54 Å². The van der Waals surface area contributed by atoms with Crippen LogP contribution in [0.5, 0.6) is 0 Å². The van der Waals surface area contributed by atoms with E-state index >= 15 is 4.39 Å². The molecule has 3 amide bonds. The molecule has 212 valence electrons. The molecule has 1 unspecified atom stereocenters. The van der Waals surface area contributed by atoms with Crippen LogP contribution < -0.4 is 21.9 Å². The highest BCUT2D eigenvalue weighted by atomic mass is 35.5. The van der Waals surface area contributed by atoms with Gasteiger partial charge in [0.2, 0.25) is 0 Å². The Labute approximate surface area is 233 Å². The number of fused-ring (bicyclic) bond motifs is 1. The summed E-state index contributed by atoms with van der Waals surface area (Å²) < 4.78 is 31.9. The van der Waals surface area contributed by atoms with E-state index in [-0.39, 0.29) is 45.7 Å². The van der Waals surface area contributed by atoms with Gasteiger partial charge in [0.05, 0.1) is 22.2 Å². The van der Waals surface area contributed by atoms with Gasteiger partial charge in [-0.25, -0.2) is 18.4 Å². The molecule has 1 aliphatic heterocycles. The SMILES string of the molecule is CC(C)n1c(=O)n(CC2CC2)c(=O)c2cc(NC(=O)N3CCCC(NC(=O)c4cc(Cl)ccc4F)C3)c(F)cc21. The number of benzene rings is 2. The topological polar surface area (TPSA) is 105 Å². The van der Waals surface area contributed by atoms with E-state index in [1.165, 1.54) is 32.2 Å². The molecule has 2 aromatic carbocycles. The first-order valence-corrected chi connectivity index (χ1v) is 13.7. The van der Waals surface area contributed by atoms with Gasteiger partial charge in [-0.3, -0.25) is 18.7 Å². The van der Waals surface area contributed by atoms with Gasteiger partial charge in [0.1, 0.15) is 11.6 Å². The number of nitrogens with one attached hydrogen (secondary N) is 2. The number of aromatic nitrogens is 2. The van der Waals surface area contributed by atoms with Crippen molar-refractivity contribution in [2.75, 3.05) is 18.4 Å². The number of carbonyl (C=O) groups is 2. The number of rotatable bonds is 6. The molecule has 3 aromatic rings. The number of urea groups is 1. The van der Waals surface area contributed by atoms with Gasteiger partial charge in [-0.15, -0.1) is 0 Å². The first-order chi connectivity index (χ1) is 19.0. The van der Waals surface area contributed by atoms with Crippen LogP contribution in [0.4, 0.5) is 19.3 Å². The van der Waals surface area contributed by atoms with Crippen molar-refractivity contribution in [2.45, 2.75) is 58.2 Å². The van der Waals surface area contributed by atoms with E-state index < -0.39 is 40.9 Å². The van der Waals surface area contributed by atoms with Gasteiger partial charge in [-0.1, -0.05) is 11.6 Å². The van der Waals surface area contributed by atoms with Crippen LogP contribution in [0, 0.1) is 17.6 Å². The van der Waals surface area contributed by atoms with E-state index in [2.05, 4.69) is 10.6 Å². The molecule has 0 radical (unpaired) electrons. The lowest BCUT2D eigenvalue weighted by atomic mass is 10.1. The Bertz CT molecular complexity index is 1610. The molecular formula is C28H30ClF2N5O4. The van der Waals surface area contributed by atoms with E-state index in [0.29, 0.717) is 25.9 Å². The minimum Gasteiger partial charge on any atom is -0.347 e. The molecule has 1 saturated heterocycles. The standard InChI is InChI=1S/C28H30ClF2N5O4/c1-15(2)36-24-12-22(31)23(11-20(24)26(38)35(28(36)40)13-16-5-6-16)33-27(39)34-9-3-4-18(14-34)32-25(37)19-10-17(29)7-8-21(19)30/h7-8,10-12,15-16,18H,3-6,9,13-14H2,1-2H3,(H,32,37)(H,33,39). The minimum atomic E-state index is -0.785. The summed E-state index contributed by atoms with van der Waals surface area (Å²) in [6.07, 6.45) is 3.02. The Morgan fingerprint density at radius 2 is 1.82 bits per heavy atom. The largest absolute Gasteiger partial charge is 0.347 e. The molecular weight excluding hydrogens is 544 g/mol. The molecule has 0 spiro atoms. The number of hydrogen-bond donors (Lipinski definition) is 2. The maximum absolute atomic E-state index is 15.2. The summed E-state index contributed by atoms with van der Waals surface area (Å²) in [5, 5.41) is 5.64. The van der Waals surface area contributed by atoms with Crippen LogP contribution >= 0.6 is 11.6 Å². The summed E-state index contributed by atoms with van der Waals surface area (Å²) in [4.78, 5) is 53.5. The van der Waals surface area contributed by atoms with Crippen molar-refractivity contribution in [3.63, 3.8) is 0 Å². The van der Waals surface area contributed by atoms with Crippen LogP contribution in [0.1, 0.15) is 55.9 Å². The predicted molar refractivity (Wildman–Crippen MR) is 148 cm³/mol. The number of amides is 3. The second-order valence-electron chi connectivity index (χ2n) is 10.8. The van der Waals surface area contributed by atoms with E-state index in [9.17, 15) is 23.6 Å². The molecule has 2 N–H and O–H groups in total. The number of likely N-dealkylation sites (tertiary alicyclic amines) is 1. The number of nitrogens with zero attached hydrogens (tertiary/aromatic N) is 3. The first-order valence-electron chi connectivity index (χ1n) is 13.3. The summed E-state index contributed by atoms with van der Waals surface area (Å²) >= 11 is 5.89. The maximum Gasteiger partial charge on any atom is 0.331 e. The second kappa shape index (κ2) is 11.0. The molecule has 5 rings (SSSR count). The molecule has 2 fully saturated rings. The molecule has 40 heavy (non-hydrogen) atoms. The minimum absolute atomic E-state index is 0.121. The quantitative estimate of drug-likeness (QED) is 0.452. The molecule has 2 aliphatic rings. The van der Waals surface area contributed by atoms with Crippen LogP contribution in [0.3, 0.4) is 0 Å². The van der Waals surface area contributed by atoms with Gasteiger partial charge in [0.15, 0.2) is 0 Å². The second-order valence-corrected chi connectivity index (χ2v) is 11.2. The van der Waals surface area contributed by atoms with Gasteiger partial charge in [0, 0.05) is 42.8 Å². The van der Waals surface area contributed by atoms with Crippen LogP contribution in [0.15, 0.2) is 39.9 Å². The van der Waals surface area contributed by atoms with Gasteiger partial charge >= 0.3 is 11.7 Å². The van der Waals surface area contributed by atoms with Crippen molar-refractivity contribution < 1.29 is 18.4 Å². The molecule has 1 saturated carbocycles. The van der Waals surface area contributed by atoms with Gasteiger partial charge in [-0.05, 0) is 69.7 Å². The molecule has 9 nitrogen and oxygen atoms in total. The van der Waals surface area contributed by atoms with Crippen molar-refractivity contribution in [1.82, 2.24) is 19.4 Å². The zero-order valence-corrected chi connectivity index (χ0v) is 22.9. The Kier molecular flexibility index (Phi) is 7.67. The summed E-state index contributed by atoms with van der Waals surface area (Å²) in [5.74, 6) is -1.87. The fourth-order valence-corrected chi connectivity index (χ4v) is 5.29. The summed E-state index contributed by atoms with van der Waals surface area (Å²) in [7, 11) is 0. The van der Waals surface area contributed by atoms with Crippen LogP contribution in [0.25, 0.3) is 10.9 Å². The van der Waals surface area contributed by atoms with Crippen molar-refractivity contribution in [3.8, 4) is 0 Å². The number of halogens is 3. The Balaban J connectivity index is 1.36. The van der Waals surface area contributed by atoms with Crippen molar-refractivity contribution in [2.24, 2.45) is 5.92 Å². The lowest BCUT2D eigenvalue weighted by Gasteiger charge is -2.33. The normalized spacial score (nSPS) is 17.4. The van der Waals surface area contributed by atoms with E-state index in [4.69, 9.17) is 11.6 Å². The average Bonchev–Trinajstić information content (AvgIpc) is 3.73. The van der Waals surface area contributed by atoms with Crippen LogP contribution in [-0.4, -0.2) is 45.1 Å². The molecule has 1 aromatic heterocycles. The molecule has 1 atom stereocenters. The third-order valence-electron chi connectivity index (χ3n) is 7.37. The Morgan fingerprint density at radius 1 is 1.07 bits per heavy atom. The lowest BCUT2D eigenvalue weighted by molar-refractivity contribution is 0.0909. The molecule has 2 heterocycles. The van der Waals surface area contributed by atoms with Crippen molar-refractivity contribution >= 4 is 40.1 Å². The van der Waals surface area contributed by atoms with Crippen molar-refractivity contribution in [1.29, 1.82) is 0 Å². The highest BCUT2D eigenvalue weighted by molar-refractivity contribution is 6.31.